The minimum Gasteiger partial charge on any atom is -0.335 e. The summed E-state index contributed by atoms with van der Waals surface area (Å²) in [6.07, 6.45) is 1.46. The fraction of sp³-hybridized carbons (Fsp3) is 0.727. The molecule has 18 heavy (non-hydrogen) atoms. The SMILES string of the molecule is CC(CN)CN1CCN(C(=O)c2cn[nH]n2)CC1. The number of nitrogens with one attached hydrogen (secondary N) is 1. The van der Waals surface area contributed by atoms with Gasteiger partial charge in [-0.15, -0.1) is 0 Å². The van der Waals surface area contributed by atoms with Crippen LogP contribution in [0.4, 0.5) is 0 Å². The number of nitrogens with zero attached hydrogens (tertiary/aromatic N) is 4. The molecule has 1 saturated heterocycles. The maximum Gasteiger partial charge on any atom is 0.276 e. The zero-order valence-electron chi connectivity index (χ0n) is 10.7. The standard InChI is InChI=1S/C11H20N6O/c1-9(6-12)8-16-2-4-17(5-3-16)11(18)10-7-13-15-14-10/h7,9H,2-6,8,12H2,1H3,(H,13,14,15). The Kier molecular flexibility index (Phi) is 4.27. The van der Waals surface area contributed by atoms with Gasteiger partial charge in [0, 0.05) is 32.7 Å². The smallest absolute Gasteiger partial charge is 0.276 e. The molecule has 1 amide bonds. The maximum absolute atomic E-state index is 12.0. The van der Waals surface area contributed by atoms with E-state index in [2.05, 4.69) is 27.2 Å². The number of H-pyrrole nitrogens is 1. The first-order chi connectivity index (χ1) is 8.70. The summed E-state index contributed by atoms with van der Waals surface area (Å²) in [7, 11) is 0. The van der Waals surface area contributed by atoms with Gasteiger partial charge in [0.1, 0.15) is 0 Å². The lowest BCUT2D eigenvalue weighted by atomic mass is 10.1. The topological polar surface area (TPSA) is 91.1 Å². The van der Waals surface area contributed by atoms with Crippen LogP contribution in [-0.4, -0.2) is 70.4 Å². The van der Waals surface area contributed by atoms with E-state index in [1.165, 1.54) is 6.20 Å². The summed E-state index contributed by atoms with van der Waals surface area (Å²) >= 11 is 0. The van der Waals surface area contributed by atoms with Crippen LogP contribution in [0.2, 0.25) is 0 Å². The third kappa shape index (κ3) is 3.05. The average molecular weight is 252 g/mol. The number of amides is 1. The van der Waals surface area contributed by atoms with Crippen LogP contribution in [-0.2, 0) is 0 Å². The van der Waals surface area contributed by atoms with Gasteiger partial charge in [0.2, 0.25) is 0 Å². The Morgan fingerprint density at radius 2 is 2.22 bits per heavy atom. The van der Waals surface area contributed by atoms with Crippen molar-refractivity contribution in [2.75, 3.05) is 39.3 Å². The fourth-order valence-electron chi connectivity index (χ4n) is 2.12. The Hall–Kier alpha value is -1.47. The van der Waals surface area contributed by atoms with Crippen molar-refractivity contribution in [3.63, 3.8) is 0 Å². The Bertz CT molecular complexity index is 371. The number of aromatic amines is 1. The molecule has 100 valence electrons. The van der Waals surface area contributed by atoms with E-state index >= 15 is 0 Å². The molecule has 0 radical (unpaired) electrons. The van der Waals surface area contributed by atoms with Gasteiger partial charge in [-0.05, 0) is 12.5 Å². The molecule has 0 aliphatic carbocycles. The molecule has 3 N–H and O–H groups in total. The van der Waals surface area contributed by atoms with Crippen LogP contribution < -0.4 is 5.73 Å². The molecule has 7 nitrogen and oxygen atoms in total. The van der Waals surface area contributed by atoms with Crippen molar-refractivity contribution in [1.82, 2.24) is 25.2 Å². The molecular weight excluding hydrogens is 232 g/mol. The van der Waals surface area contributed by atoms with Gasteiger partial charge < -0.3 is 10.6 Å². The van der Waals surface area contributed by atoms with Gasteiger partial charge in [0.15, 0.2) is 5.69 Å². The van der Waals surface area contributed by atoms with Crippen LogP contribution in [0.15, 0.2) is 6.20 Å². The molecule has 1 aliphatic rings. The molecule has 1 atom stereocenters. The van der Waals surface area contributed by atoms with Gasteiger partial charge in [-0.3, -0.25) is 9.69 Å². The minimum atomic E-state index is -0.0460. The lowest BCUT2D eigenvalue weighted by Gasteiger charge is -2.35. The number of rotatable bonds is 4. The summed E-state index contributed by atoms with van der Waals surface area (Å²) in [4.78, 5) is 16.2. The molecule has 1 aliphatic heterocycles. The van der Waals surface area contributed by atoms with E-state index in [1.807, 2.05) is 4.90 Å². The van der Waals surface area contributed by atoms with Crippen LogP contribution in [0.3, 0.4) is 0 Å². The highest BCUT2D eigenvalue weighted by Crippen LogP contribution is 2.07. The second-order valence-electron chi connectivity index (χ2n) is 4.79. The second-order valence-corrected chi connectivity index (χ2v) is 4.79. The zero-order valence-corrected chi connectivity index (χ0v) is 10.7. The first-order valence-electron chi connectivity index (χ1n) is 6.28. The van der Waals surface area contributed by atoms with Gasteiger partial charge in [-0.1, -0.05) is 6.92 Å². The summed E-state index contributed by atoms with van der Waals surface area (Å²) in [5.41, 5.74) is 6.01. The van der Waals surface area contributed by atoms with Crippen molar-refractivity contribution in [1.29, 1.82) is 0 Å². The van der Waals surface area contributed by atoms with E-state index in [-0.39, 0.29) is 5.91 Å². The van der Waals surface area contributed by atoms with Crippen LogP contribution in [0.25, 0.3) is 0 Å². The number of aromatic nitrogens is 3. The van der Waals surface area contributed by atoms with Crippen LogP contribution >= 0.6 is 0 Å². The Morgan fingerprint density at radius 1 is 1.50 bits per heavy atom. The number of hydrogen-bond donors (Lipinski definition) is 2. The molecule has 1 fully saturated rings. The summed E-state index contributed by atoms with van der Waals surface area (Å²) in [6, 6.07) is 0. The van der Waals surface area contributed by atoms with Gasteiger partial charge in [-0.2, -0.15) is 15.4 Å². The average Bonchev–Trinajstić information content (AvgIpc) is 2.92. The van der Waals surface area contributed by atoms with Crippen LogP contribution in [0.1, 0.15) is 17.4 Å². The minimum absolute atomic E-state index is 0.0460. The van der Waals surface area contributed by atoms with Gasteiger partial charge in [0.05, 0.1) is 6.20 Å². The normalized spacial score (nSPS) is 18.9. The van der Waals surface area contributed by atoms with Crippen molar-refractivity contribution in [3.8, 4) is 0 Å². The Labute approximate surface area is 106 Å². The highest BCUT2D eigenvalue weighted by Gasteiger charge is 2.23. The summed E-state index contributed by atoms with van der Waals surface area (Å²) in [5, 5.41) is 9.93. The number of carbonyl (C=O) groups is 1. The molecule has 1 aromatic heterocycles. The maximum atomic E-state index is 12.0. The predicted molar refractivity (Wildman–Crippen MR) is 66.9 cm³/mol. The van der Waals surface area contributed by atoms with Crippen molar-refractivity contribution >= 4 is 5.91 Å². The van der Waals surface area contributed by atoms with Crippen molar-refractivity contribution < 1.29 is 4.79 Å². The number of carbonyl (C=O) groups excluding carboxylic acids is 1. The molecule has 0 saturated carbocycles. The van der Waals surface area contributed by atoms with Gasteiger partial charge in [-0.25, -0.2) is 0 Å². The Morgan fingerprint density at radius 3 is 2.78 bits per heavy atom. The molecule has 1 unspecified atom stereocenters. The quantitative estimate of drug-likeness (QED) is 0.729. The largest absolute Gasteiger partial charge is 0.335 e. The first kappa shape index (κ1) is 13.0. The molecule has 0 bridgehead atoms. The lowest BCUT2D eigenvalue weighted by molar-refractivity contribution is 0.0616. The molecule has 7 heteroatoms. The molecule has 0 aromatic carbocycles. The van der Waals surface area contributed by atoms with Crippen molar-refractivity contribution in [2.45, 2.75) is 6.92 Å². The number of hydrogen-bond acceptors (Lipinski definition) is 5. The van der Waals surface area contributed by atoms with E-state index < -0.39 is 0 Å². The third-order valence-corrected chi connectivity index (χ3v) is 3.27. The lowest BCUT2D eigenvalue weighted by Crippen LogP contribution is -2.50. The second kappa shape index (κ2) is 5.92. The zero-order chi connectivity index (χ0) is 13.0. The molecule has 1 aromatic rings. The summed E-state index contributed by atoms with van der Waals surface area (Å²) < 4.78 is 0. The number of nitrogens with two attached hydrogens (primary N) is 1. The van der Waals surface area contributed by atoms with Crippen molar-refractivity contribution in [3.05, 3.63) is 11.9 Å². The monoisotopic (exact) mass is 252 g/mol. The highest BCUT2D eigenvalue weighted by molar-refractivity contribution is 5.91. The summed E-state index contributed by atoms with van der Waals surface area (Å²) in [6.45, 7) is 7.13. The van der Waals surface area contributed by atoms with E-state index in [9.17, 15) is 4.79 Å². The molecule has 2 heterocycles. The molecule has 2 rings (SSSR count). The van der Waals surface area contributed by atoms with Crippen LogP contribution in [0, 0.1) is 5.92 Å². The first-order valence-corrected chi connectivity index (χ1v) is 6.28. The predicted octanol–water partition coefficient (Wildman–Crippen LogP) is -0.843. The third-order valence-electron chi connectivity index (χ3n) is 3.27. The Balaban J connectivity index is 1.81. The fourth-order valence-corrected chi connectivity index (χ4v) is 2.12. The molecular formula is C11H20N6O. The van der Waals surface area contributed by atoms with E-state index in [4.69, 9.17) is 5.73 Å². The van der Waals surface area contributed by atoms with E-state index in [1.54, 1.807) is 0 Å². The number of piperazine rings is 1. The van der Waals surface area contributed by atoms with Crippen molar-refractivity contribution in [2.24, 2.45) is 11.7 Å². The van der Waals surface area contributed by atoms with Crippen LogP contribution in [0.5, 0.6) is 0 Å². The summed E-state index contributed by atoms with van der Waals surface area (Å²) in [5.74, 6) is 0.457. The van der Waals surface area contributed by atoms with Gasteiger partial charge in [0.25, 0.3) is 5.91 Å². The highest BCUT2D eigenvalue weighted by atomic mass is 16.2. The van der Waals surface area contributed by atoms with Gasteiger partial charge >= 0.3 is 0 Å². The van der Waals surface area contributed by atoms with E-state index in [0.717, 1.165) is 32.7 Å². The molecule has 0 spiro atoms. The van der Waals surface area contributed by atoms with E-state index in [0.29, 0.717) is 18.2 Å².